The Bertz CT molecular complexity index is 857. The number of rotatable bonds is 4. The number of hydrogen-bond donors (Lipinski definition) is 2. The average Bonchev–Trinajstić information content (AvgIpc) is 3.34. The average molecular weight is 345 g/mol. The lowest BCUT2D eigenvalue weighted by atomic mass is 9.76. The number of pyridine rings is 1. The summed E-state index contributed by atoms with van der Waals surface area (Å²) in [5.41, 5.74) is 0.933. The van der Waals surface area contributed by atoms with E-state index in [4.69, 9.17) is 11.6 Å². The van der Waals surface area contributed by atoms with Gasteiger partial charge in [0, 0.05) is 22.0 Å². The molecule has 0 bridgehead atoms. The van der Waals surface area contributed by atoms with Crippen molar-refractivity contribution in [3.8, 4) is 0 Å². The topological polar surface area (TPSA) is 79.3 Å². The summed E-state index contributed by atoms with van der Waals surface area (Å²) >= 11 is 6.08. The molecule has 2 aliphatic carbocycles. The molecule has 1 heterocycles. The van der Waals surface area contributed by atoms with Gasteiger partial charge in [0.2, 0.25) is 0 Å². The molecule has 0 spiro atoms. The molecule has 24 heavy (non-hydrogen) atoms. The van der Waals surface area contributed by atoms with Crippen molar-refractivity contribution in [2.45, 2.75) is 43.6 Å². The van der Waals surface area contributed by atoms with Gasteiger partial charge in [0.15, 0.2) is 0 Å². The second-order valence-electron chi connectivity index (χ2n) is 6.73. The lowest BCUT2D eigenvalue weighted by Gasteiger charge is -2.38. The van der Waals surface area contributed by atoms with Crippen molar-refractivity contribution in [3.63, 3.8) is 0 Å². The highest BCUT2D eigenvalue weighted by Crippen LogP contribution is 2.40. The molecule has 1 aromatic carbocycles. The number of amides is 1. The maximum Gasteiger partial charge on any atom is 0.329 e. The van der Waals surface area contributed by atoms with E-state index in [1.807, 2.05) is 0 Å². The van der Waals surface area contributed by atoms with E-state index in [-0.39, 0.29) is 5.91 Å². The largest absolute Gasteiger partial charge is 0.480 e. The Morgan fingerprint density at radius 2 is 2.00 bits per heavy atom. The fourth-order valence-electron chi connectivity index (χ4n) is 3.20. The first-order chi connectivity index (χ1) is 11.5. The van der Waals surface area contributed by atoms with Crippen LogP contribution in [0, 0.1) is 0 Å². The van der Waals surface area contributed by atoms with E-state index < -0.39 is 11.5 Å². The Hall–Kier alpha value is -2.14. The Kier molecular flexibility index (Phi) is 3.49. The van der Waals surface area contributed by atoms with Gasteiger partial charge < -0.3 is 10.4 Å². The van der Waals surface area contributed by atoms with Crippen LogP contribution in [0.15, 0.2) is 24.3 Å². The van der Waals surface area contributed by atoms with Crippen LogP contribution >= 0.6 is 11.6 Å². The summed E-state index contributed by atoms with van der Waals surface area (Å²) in [4.78, 5) is 29.0. The van der Waals surface area contributed by atoms with E-state index >= 15 is 0 Å². The number of carboxylic acid groups (broad SMARTS) is 1. The highest BCUT2D eigenvalue weighted by atomic mass is 35.5. The molecular weight excluding hydrogens is 328 g/mol. The molecule has 0 unspecified atom stereocenters. The highest BCUT2D eigenvalue weighted by Gasteiger charge is 2.46. The third-order valence-corrected chi connectivity index (χ3v) is 5.24. The van der Waals surface area contributed by atoms with Gasteiger partial charge in [-0.3, -0.25) is 9.78 Å². The van der Waals surface area contributed by atoms with Crippen LogP contribution in [-0.4, -0.2) is 27.5 Å². The second-order valence-corrected chi connectivity index (χ2v) is 7.16. The molecule has 0 saturated heterocycles. The zero-order valence-electron chi connectivity index (χ0n) is 13.0. The molecule has 2 aliphatic rings. The third kappa shape index (κ3) is 2.53. The fourth-order valence-corrected chi connectivity index (χ4v) is 3.37. The van der Waals surface area contributed by atoms with Crippen molar-refractivity contribution < 1.29 is 14.7 Å². The van der Waals surface area contributed by atoms with Gasteiger partial charge in [0.25, 0.3) is 5.91 Å². The first-order valence-corrected chi connectivity index (χ1v) is 8.52. The van der Waals surface area contributed by atoms with E-state index in [0.717, 1.165) is 25.0 Å². The van der Waals surface area contributed by atoms with Crippen LogP contribution < -0.4 is 5.32 Å². The summed E-state index contributed by atoms with van der Waals surface area (Å²) in [6, 6.07) is 7.06. The zero-order valence-corrected chi connectivity index (χ0v) is 13.8. The number of benzene rings is 1. The predicted octanol–water partition coefficient (Wildman–Crippen LogP) is 3.50. The van der Waals surface area contributed by atoms with Gasteiger partial charge in [0.05, 0.1) is 11.1 Å². The lowest BCUT2D eigenvalue weighted by Crippen LogP contribution is -2.59. The number of carbonyl (C=O) groups excluding carboxylic acids is 1. The summed E-state index contributed by atoms with van der Waals surface area (Å²) in [7, 11) is 0. The summed E-state index contributed by atoms with van der Waals surface area (Å²) in [5.74, 6) is -0.941. The molecule has 0 atom stereocenters. The Balaban J connectivity index is 1.77. The normalized spacial score (nSPS) is 18.9. The van der Waals surface area contributed by atoms with Crippen molar-refractivity contribution in [1.29, 1.82) is 0 Å². The minimum atomic E-state index is -1.13. The molecule has 2 aromatic rings. The molecule has 4 rings (SSSR count). The van der Waals surface area contributed by atoms with E-state index in [9.17, 15) is 14.7 Å². The molecule has 0 radical (unpaired) electrons. The van der Waals surface area contributed by atoms with Gasteiger partial charge in [0.1, 0.15) is 5.54 Å². The fraction of sp³-hybridized carbons (Fsp3) is 0.389. The van der Waals surface area contributed by atoms with Crippen molar-refractivity contribution in [1.82, 2.24) is 10.3 Å². The Labute approximate surface area is 144 Å². The van der Waals surface area contributed by atoms with Crippen LogP contribution in [-0.2, 0) is 4.79 Å². The van der Waals surface area contributed by atoms with Crippen LogP contribution in [0.25, 0.3) is 10.9 Å². The number of carbonyl (C=O) groups is 2. The number of hydrogen-bond acceptors (Lipinski definition) is 3. The SMILES string of the molecule is O=C(NC1(C(=O)O)CCC1)c1cc(C2CC2)nc2ccc(Cl)cc12. The monoisotopic (exact) mass is 344 g/mol. The van der Waals surface area contributed by atoms with Crippen LogP contribution in [0.4, 0.5) is 0 Å². The Morgan fingerprint density at radius 1 is 1.25 bits per heavy atom. The smallest absolute Gasteiger partial charge is 0.329 e. The van der Waals surface area contributed by atoms with Crippen LogP contribution in [0.1, 0.15) is 54.1 Å². The molecule has 2 saturated carbocycles. The van der Waals surface area contributed by atoms with Crippen molar-refractivity contribution in [2.24, 2.45) is 0 Å². The van der Waals surface area contributed by atoms with E-state index in [2.05, 4.69) is 10.3 Å². The van der Waals surface area contributed by atoms with Gasteiger partial charge in [-0.05, 0) is 56.4 Å². The number of aromatic nitrogens is 1. The van der Waals surface area contributed by atoms with Crippen LogP contribution in [0.2, 0.25) is 5.02 Å². The molecular formula is C18H17ClN2O3. The van der Waals surface area contributed by atoms with E-state index in [0.29, 0.717) is 40.2 Å². The summed E-state index contributed by atoms with van der Waals surface area (Å²) < 4.78 is 0. The predicted molar refractivity (Wildman–Crippen MR) is 90.4 cm³/mol. The number of carboxylic acids is 1. The van der Waals surface area contributed by atoms with E-state index in [1.54, 1.807) is 24.3 Å². The number of fused-ring (bicyclic) bond motifs is 1. The van der Waals surface area contributed by atoms with Crippen molar-refractivity contribution in [3.05, 3.63) is 40.5 Å². The standard InChI is InChI=1S/C18H17ClN2O3/c19-11-4-5-14-12(8-11)13(9-15(20-14)10-2-3-10)16(22)21-18(17(23)24)6-1-7-18/h4-5,8-10H,1-3,6-7H2,(H,21,22)(H,23,24). The molecule has 0 aliphatic heterocycles. The maximum atomic E-state index is 12.8. The maximum absolute atomic E-state index is 12.8. The first kappa shape index (κ1) is 15.4. The summed E-state index contributed by atoms with van der Waals surface area (Å²) in [6.07, 6.45) is 3.89. The van der Waals surface area contributed by atoms with Gasteiger partial charge >= 0.3 is 5.97 Å². The van der Waals surface area contributed by atoms with Crippen LogP contribution in [0.5, 0.6) is 0 Å². The van der Waals surface area contributed by atoms with Gasteiger partial charge in [-0.2, -0.15) is 0 Å². The summed E-state index contributed by atoms with van der Waals surface area (Å²) in [6.45, 7) is 0. The molecule has 6 heteroatoms. The molecule has 1 amide bonds. The second kappa shape index (κ2) is 5.45. The lowest BCUT2D eigenvalue weighted by molar-refractivity contribution is -0.148. The minimum Gasteiger partial charge on any atom is -0.480 e. The molecule has 1 aromatic heterocycles. The first-order valence-electron chi connectivity index (χ1n) is 8.15. The molecule has 2 N–H and O–H groups in total. The number of halogens is 1. The Morgan fingerprint density at radius 3 is 2.58 bits per heavy atom. The summed E-state index contributed by atoms with van der Waals surface area (Å²) in [5, 5.41) is 13.4. The van der Waals surface area contributed by atoms with Gasteiger partial charge in [-0.1, -0.05) is 11.6 Å². The number of aliphatic carboxylic acids is 1. The minimum absolute atomic E-state index is 0.367. The quantitative estimate of drug-likeness (QED) is 0.889. The van der Waals surface area contributed by atoms with E-state index in [1.165, 1.54) is 0 Å². The third-order valence-electron chi connectivity index (χ3n) is 5.00. The number of nitrogens with one attached hydrogen (secondary N) is 1. The molecule has 5 nitrogen and oxygen atoms in total. The highest BCUT2D eigenvalue weighted by molar-refractivity contribution is 6.31. The number of nitrogens with zero attached hydrogens (tertiary/aromatic N) is 1. The van der Waals surface area contributed by atoms with Gasteiger partial charge in [-0.15, -0.1) is 0 Å². The van der Waals surface area contributed by atoms with Crippen LogP contribution in [0.3, 0.4) is 0 Å². The zero-order chi connectivity index (χ0) is 16.9. The van der Waals surface area contributed by atoms with Crippen molar-refractivity contribution in [2.75, 3.05) is 0 Å². The molecule has 2 fully saturated rings. The van der Waals surface area contributed by atoms with Crippen molar-refractivity contribution >= 4 is 34.4 Å². The van der Waals surface area contributed by atoms with Gasteiger partial charge in [-0.25, -0.2) is 4.79 Å². The molecule has 124 valence electrons.